The third-order valence-electron chi connectivity index (χ3n) is 5.51. The van der Waals surface area contributed by atoms with Crippen molar-refractivity contribution in [3.8, 4) is 5.75 Å². The van der Waals surface area contributed by atoms with E-state index in [0.29, 0.717) is 12.5 Å². The first-order valence-corrected chi connectivity index (χ1v) is 8.84. The average molecular weight is 316 g/mol. The Morgan fingerprint density at radius 1 is 1.26 bits per heavy atom. The molecule has 2 aliphatic carbocycles. The van der Waals surface area contributed by atoms with Crippen molar-refractivity contribution in [3.05, 3.63) is 29.8 Å². The minimum Gasteiger partial charge on any atom is -0.497 e. The fourth-order valence-corrected chi connectivity index (χ4v) is 3.78. The fraction of sp³-hybridized carbons (Fsp3) is 0.632. The van der Waals surface area contributed by atoms with E-state index in [0.717, 1.165) is 37.0 Å². The van der Waals surface area contributed by atoms with Crippen LogP contribution in [-0.4, -0.2) is 25.6 Å². The fourth-order valence-electron chi connectivity index (χ4n) is 3.78. The van der Waals surface area contributed by atoms with Gasteiger partial charge < -0.3 is 15.8 Å². The molecule has 126 valence electrons. The van der Waals surface area contributed by atoms with Crippen molar-refractivity contribution in [2.75, 3.05) is 13.7 Å². The quantitative estimate of drug-likeness (QED) is 0.848. The highest BCUT2D eigenvalue weighted by atomic mass is 16.5. The lowest BCUT2D eigenvalue weighted by atomic mass is 9.68. The van der Waals surface area contributed by atoms with Crippen molar-refractivity contribution >= 4 is 5.91 Å². The van der Waals surface area contributed by atoms with Crippen LogP contribution in [0.1, 0.15) is 50.5 Å². The van der Waals surface area contributed by atoms with E-state index in [1.165, 1.54) is 19.3 Å². The van der Waals surface area contributed by atoms with Gasteiger partial charge in [-0.15, -0.1) is 0 Å². The number of hydrogen-bond acceptors (Lipinski definition) is 3. The molecule has 0 heterocycles. The van der Waals surface area contributed by atoms with Crippen LogP contribution in [-0.2, 0) is 10.2 Å². The highest BCUT2D eigenvalue weighted by molar-refractivity contribution is 5.88. The Morgan fingerprint density at radius 2 is 1.91 bits per heavy atom. The highest BCUT2D eigenvalue weighted by Gasteiger charge is 2.41. The van der Waals surface area contributed by atoms with Crippen LogP contribution in [0.4, 0.5) is 0 Å². The number of carbonyl (C=O) groups excluding carboxylic acids is 1. The number of methoxy groups -OCH3 is 1. The maximum absolute atomic E-state index is 13.0. The number of nitrogens with two attached hydrogens (primary N) is 1. The molecule has 2 fully saturated rings. The monoisotopic (exact) mass is 316 g/mol. The Balaban J connectivity index is 1.75. The Kier molecular flexibility index (Phi) is 4.90. The summed E-state index contributed by atoms with van der Waals surface area (Å²) in [6, 6.07) is 8.11. The number of ether oxygens (including phenoxy) is 1. The van der Waals surface area contributed by atoms with Crippen LogP contribution in [0.2, 0.25) is 0 Å². The number of benzene rings is 1. The average Bonchev–Trinajstić information content (AvgIpc) is 3.45. The summed E-state index contributed by atoms with van der Waals surface area (Å²) >= 11 is 0. The highest BCUT2D eigenvalue weighted by Crippen LogP contribution is 2.40. The zero-order valence-electron chi connectivity index (χ0n) is 14.0. The van der Waals surface area contributed by atoms with Gasteiger partial charge in [-0.1, -0.05) is 31.4 Å². The summed E-state index contributed by atoms with van der Waals surface area (Å²) in [7, 11) is 1.66. The van der Waals surface area contributed by atoms with E-state index in [1.807, 2.05) is 24.3 Å². The molecule has 3 N–H and O–H groups in total. The molecule has 4 heteroatoms. The van der Waals surface area contributed by atoms with E-state index in [4.69, 9.17) is 10.5 Å². The zero-order valence-corrected chi connectivity index (χ0v) is 14.0. The van der Waals surface area contributed by atoms with Gasteiger partial charge in [0.15, 0.2) is 0 Å². The summed E-state index contributed by atoms with van der Waals surface area (Å²) in [4.78, 5) is 13.0. The second-order valence-electron chi connectivity index (χ2n) is 7.08. The van der Waals surface area contributed by atoms with E-state index >= 15 is 0 Å². The Morgan fingerprint density at radius 3 is 2.48 bits per heavy atom. The van der Waals surface area contributed by atoms with Gasteiger partial charge in [-0.05, 0) is 49.3 Å². The van der Waals surface area contributed by atoms with Crippen molar-refractivity contribution in [2.45, 2.75) is 56.4 Å². The number of rotatable bonds is 6. The van der Waals surface area contributed by atoms with Crippen molar-refractivity contribution < 1.29 is 9.53 Å². The first-order valence-electron chi connectivity index (χ1n) is 8.84. The summed E-state index contributed by atoms with van der Waals surface area (Å²) in [6.45, 7) is 0.599. The van der Waals surface area contributed by atoms with E-state index in [1.54, 1.807) is 7.11 Å². The van der Waals surface area contributed by atoms with Crippen LogP contribution in [0.3, 0.4) is 0 Å². The molecule has 1 aromatic rings. The van der Waals surface area contributed by atoms with Crippen molar-refractivity contribution in [1.82, 2.24) is 5.32 Å². The van der Waals surface area contributed by atoms with Crippen LogP contribution in [0.25, 0.3) is 0 Å². The molecular formula is C19H28N2O2. The van der Waals surface area contributed by atoms with Gasteiger partial charge in [-0.3, -0.25) is 4.79 Å². The molecule has 0 radical (unpaired) electrons. The summed E-state index contributed by atoms with van der Waals surface area (Å²) in [5.74, 6) is 1.59. The lowest BCUT2D eigenvalue weighted by Gasteiger charge is -2.36. The molecule has 1 aromatic carbocycles. The minimum atomic E-state index is -0.395. The molecular weight excluding hydrogens is 288 g/mol. The summed E-state index contributed by atoms with van der Waals surface area (Å²) in [5.41, 5.74) is 6.86. The first kappa shape index (κ1) is 16.3. The SMILES string of the molecule is COc1ccc(C2(C(=O)NCC(N)C3CC3)CCCCC2)cc1. The second kappa shape index (κ2) is 6.91. The standard InChI is InChI=1S/C19H28N2O2/c1-23-16-9-7-15(8-10-16)19(11-3-2-4-12-19)18(22)21-13-17(20)14-5-6-14/h7-10,14,17H,2-6,11-13,20H2,1H3,(H,21,22). The van der Waals surface area contributed by atoms with Gasteiger partial charge in [0.05, 0.1) is 12.5 Å². The summed E-state index contributed by atoms with van der Waals surface area (Å²) in [6.07, 6.45) is 7.68. The smallest absolute Gasteiger partial charge is 0.230 e. The van der Waals surface area contributed by atoms with Crippen molar-refractivity contribution in [1.29, 1.82) is 0 Å². The molecule has 2 saturated carbocycles. The van der Waals surface area contributed by atoms with Gasteiger partial charge in [0.1, 0.15) is 5.75 Å². The molecule has 0 saturated heterocycles. The van der Waals surface area contributed by atoms with Gasteiger partial charge in [0.25, 0.3) is 0 Å². The van der Waals surface area contributed by atoms with E-state index in [-0.39, 0.29) is 11.9 Å². The summed E-state index contributed by atoms with van der Waals surface area (Å²) in [5, 5.41) is 3.15. The van der Waals surface area contributed by atoms with E-state index < -0.39 is 5.41 Å². The maximum Gasteiger partial charge on any atom is 0.230 e. The molecule has 1 unspecified atom stereocenters. The van der Waals surface area contributed by atoms with Gasteiger partial charge >= 0.3 is 0 Å². The number of amides is 1. The molecule has 2 aliphatic rings. The molecule has 0 spiro atoms. The van der Waals surface area contributed by atoms with E-state index in [9.17, 15) is 4.79 Å². The van der Waals surface area contributed by atoms with Gasteiger partial charge in [-0.2, -0.15) is 0 Å². The first-order chi connectivity index (χ1) is 11.2. The molecule has 0 aromatic heterocycles. The Bertz CT molecular complexity index is 531. The number of hydrogen-bond donors (Lipinski definition) is 2. The molecule has 23 heavy (non-hydrogen) atoms. The molecule has 1 amide bonds. The van der Waals surface area contributed by atoms with Gasteiger partial charge in [0, 0.05) is 12.6 Å². The van der Waals surface area contributed by atoms with Crippen molar-refractivity contribution in [3.63, 3.8) is 0 Å². The van der Waals surface area contributed by atoms with Crippen LogP contribution in [0, 0.1) is 5.92 Å². The van der Waals surface area contributed by atoms with Gasteiger partial charge in [-0.25, -0.2) is 0 Å². The van der Waals surface area contributed by atoms with Crippen LogP contribution < -0.4 is 15.8 Å². The normalized spacial score (nSPS) is 21.5. The maximum atomic E-state index is 13.0. The predicted octanol–water partition coefficient (Wildman–Crippen LogP) is 2.75. The van der Waals surface area contributed by atoms with Crippen LogP contribution >= 0.6 is 0 Å². The van der Waals surface area contributed by atoms with E-state index in [2.05, 4.69) is 5.32 Å². The third kappa shape index (κ3) is 3.52. The number of carbonyl (C=O) groups is 1. The third-order valence-corrected chi connectivity index (χ3v) is 5.51. The topological polar surface area (TPSA) is 64.3 Å². The van der Waals surface area contributed by atoms with Crippen LogP contribution in [0.15, 0.2) is 24.3 Å². The van der Waals surface area contributed by atoms with Crippen LogP contribution in [0.5, 0.6) is 5.75 Å². The van der Waals surface area contributed by atoms with Gasteiger partial charge in [0.2, 0.25) is 5.91 Å². The predicted molar refractivity (Wildman–Crippen MR) is 91.5 cm³/mol. The molecule has 0 bridgehead atoms. The lowest BCUT2D eigenvalue weighted by Crippen LogP contribution is -2.49. The summed E-state index contributed by atoms with van der Waals surface area (Å²) < 4.78 is 5.25. The molecule has 4 nitrogen and oxygen atoms in total. The minimum absolute atomic E-state index is 0.107. The molecule has 1 atom stereocenters. The van der Waals surface area contributed by atoms with Crippen molar-refractivity contribution in [2.24, 2.45) is 11.7 Å². The molecule has 3 rings (SSSR count). The Hall–Kier alpha value is -1.55. The Labute approximate surface area is 138 Å². The second-order valence-corrected chi connectivity index (χ2v) is 7.08. The lowest BCUT2D eigenvalue weighted by molar-refractivity contribution is -0.128. The zero-order chi connectivity index (χ0) is 16.3. The largest absolute Gasteiger partial charge is 0.497 e. The molecule has 0 aliphatic heterocycles. The number of nitrogens with one attached hydrogen (secondary N) is 1.